The van der Waals surface area contributed by atoms with Crippen molar-refractivity contribution in [1.82, 2.24) is 9.97 Å². The molecule has 2 nitrogen and oxygen atoms in total. The summed E-state index contributed by atoms with van der Waals surface area (Å²) >= 11 is 5.79. The number of pyridine rings is 2. The molecule has 0 saturated heterocycles. The van der Waals surface area contributed by atoms with Crippen LogP contribution in [0, 0.1) is 13.8 Å². The smallest absolute Gasteiger partial charge is 0.129 e. The van der Waals surface area contributed by atoms with Crippen LogP contribution in [0.3, 0.4) is 0 Å². The lowest BCUT2D eigenvalue weighted by Crippen LogP contribution is -1.89. The van der Waals surface area contributed by atoms with Gasteiger partial charge in [-0.25, -0.2) is 4.98 Å². The van der Waals surface area contributed by atoms with Gasteiger partial charge in [0.2, 0.25) is 0 Å². The summed E-state index contributed by atoms with van der Waals surface area (Å²) in [4.78, 5) is 8.58. The number of fused-ring (bicyclic) bond motifs is 1. The summed E-state index contributed by atoms with van der Waals surface area (Å²) in [5.41, 5.74) is 3.92. The lowest BCUT2D eigenvalue weighted by Gasteiger charge is -2.02. The topological polar surface area (TPSA) is 25.8 Å². The van der Waals surface area contributed by atoms with Gasteiger partial charge in [0.15, 0.2) is 0 Å². The van der Waals surface area contributed by atoms with E-state index < -0.39 is 0 Å². The third-order valence-electron chi connectivity index (χ3n) is 1.94. The van der Waals surface area contributed by atoms with E-state index in [1.165, 1.54) is 0 Å². The maximum Gasteiger partial charge on any atom is 0.129 e. The Morgan fingerprint density at radius 3 is 2.69 bits per heavy atom. The molecular weight excluding hydrogens is 184 g/mol. The minimum absolute atomic E-state index is 0.515. The van der Waals surface area contributed by atoms with Gasteiger partial charge in [-0.1, -0.05) is 11.6 Å². The van der Waals surface area contributed by atoms with Gasteiger partial charge in [0, 0.05) is 5.69 Å². The summed E-state index contributed by atoms with van der Waals surface area (Å²) in [7, 11) is 0. The molecule has 0 spiro atoms. The summed E-state index contributed by atoms with van der Waals surface area (Å²) in [5.74, 6) is 0. The number of hydrogen-bond donors (Lipinski definition) is 0. The van der Waals surface area contributed by atoms with E-state index >= 15 is 0 Å². The molecule has 0 N–H and O–H groups in total. The molecule has 0 atom stereocenters. The maximum atomic E-state index is 5.79. The molecule has 0 aliphatic rings. The molecule has 0 bridgehead atoms. The Hall–Kier alpha value is -1.15. The van der Waals surface area contributed by atoms with Crippen molar-refractivity contribution in [2.24, 2.45) is 0 Å². The van der Waals surface area contributed by atoms with Crippen molar-refractivity contribution >= 4 is 22.6 Å². The van der Waals surface area contributed by atoms with E-state index in [9.17, 15) is 0 Å². The molecule has 2 aromatic rings. The van der Waals surface area contributed by atoms with Crippen molar-refractivity contribution in [3.05, 3.63) is 34.6 Å². The first-order chi connectivity index (χ1) is 6.16. The molecule has 0 unspecified atom stereocenters. The predicted octanol–water partition coefficient (Wildman–Crippen LogP) is 2.90. The van der Waals surface area contributed by atoms with Crippen molar-refractivity contribution in [2.75, 3.05) is 0 Å². The van der Waals surface area contributed by atoms with E-state index in [-0.39, 0.29) is 0 Å². The van der Waals surface area contributed by atoms with Gasteiger partial charge < -0.3 is 0 Å². The fraction of sp³-hybridized carbons (Fsp3) is 0.200. The summed E-state index contributed by atoms with van der Waals surface area (Å²) < 4.78 is 0. The Morgan fingerprint density at radius 1 is 1.15 bits per heavy atom. The Labute approximate surface area is 81.6 Å². The third-order valence-corrected chi connectivity index (χ3v) is 2.15. The van der Waals surface area contributed by atoms with E-state index in [0.29, 0.717) is 5.15 Å². The first-order valence-electron chi connectivity index (χ1n) is 4.07. The molecule has 0 aliphatic heterocycles. The van der Waals surface area contributed by atoms with Gasteiger partial charge >= 0.3 is 0 Å². The van der Waals surface area contributed by atoms with Crippen molar-refractivity contribution < 1.29 is 0 Å². The number of hydrogen-bond acceptors (Lipinski definition) is 2. The number of aromatic nitrogens is 2. The van der Waals surface area contributed by atoms with Crippen molar-refractivity contribution in [1.29, 1.82) is 0 Å². The van der Waals surface area contributed by atoms with Crippen LogP contribution in [0.1, 0.15) is 11.3 Å². The van der Waals surface area contributed by atoms with Crippen LogP contribution in [0.15, 0.2) is 18.2 Å². The molecule has 66 valence electrons. The summed E-state index contributed by atoms with van der Waals surface area (Å²) in [6, 6.07) is 5.66. The van der Waals surface area contributed by atoms with E-state index in [1.807, 2.05) is 26.0 Å². The van der Waals surface area contributed by atoms with Gasteiger partial charge in [-0.3, -0.25) is 4.98 Å². The fourth-order valence-corrected chi connectivity index (χ4v) is 1.56. The zero-order chi connectivity index (χ0) is 9.42. The Balaban J connectivity index is 2.87. The van der Waals surface area contributed by atoms with Crippen LogP contribution in [0.2, 0.25) is 5.15 Å². The molecular formula is C10H9ClN2. The van der Waals surface area contributed by atoms with Crippen LogP contribution < -0.4 is 0 Å². The number of aryl methyl sites for hydroxylation is 2. The Kier molecular flexibility index (Phi) is 1.93. The highest BCUT2D eigenvalue weighted by Crippen LogP contribution is 2.17. The molecule has 0 aromatic carbocycles. The SMILES string of the molecule is Cc1cc(C)c2nc(Cl)ccc2n1. The maximum absolute atomic E-state index is 5.79. The van der Waals surface area contributed by atoms with E-state index in [0.717, 1.165) is 22.3 Å². The minimum Gasteiger partial charge on any atom is -0.251 e. The summed E-state index contributed by atoms with van der Waals surface area (Å²) in [6.07, 6.45) is 0. The van der Waals surface area contributed by atoms with Crippen LogP contribution in [0.5, 0.6) is 0 Å². The molecule has 2 heterocycles. The number of halogens is 1. The highest BCUT2D eigenvalue weighted by atomic mass is 35.5. The molecule has 2 aromatic heterocycles. The zero-order valence-electron chi connectivity index (χ0n) is 7.50. The summed E-state index contributed by atoms with van der Waals surface area (Å²) in [6.45, 7) is 3.99. The van der Waals surface area contributed by atoms with Crippen molar-refractivity contribution in [3.63, 3.8) is 0 Å². The molecule has 2 rings (SSSR count). The monoisotopic (exact) mass is 192 g/mol. The van der Waals surface area contributed by atoms with E-state index in [1.54, 1.807) is 6.07 Å². The molecule has 0 fully saturated rings. The van der Waals surface area contributed by atoms with Gasteiger partial charge in [-0.15, -0.1) is 0 Å². The molecule has 0 saturated carbocycles. The molecule has 13 heavy (non-hydrogen) atoms. The average Bonchev–Trinajstić information content (AvgIpc) is 2.06. The van der Waals surface area contributed by atoms with Gasteiger partial charge in [0.05, 0.1) is 11.0 Å². The summed E-state index contributed by atoms with van der Waals surface area (Å²) in [5, 5.41) is 0.515. The second kappa shape index (κ2) is 2.96. The minimum atomic E-state index is 0.515. The predicted molar refractivity (Wildman–Crippen MR) is 54.0 cm³/mol. The van der Waals surface area contributed by atoms with Gasteiger partial charge in [-0.2, -0.15) is 0 Å². The molecule has 3 heteroatoms. The van der Waals surface area contributed by atoms with E-state index in [4.69, 9.17) is 11.6 Å². The van der Waals surface area contributed by atoms with Crippen LogP contribution >= 0.6 is 11.6 Å². The zero-order valence-corrected chi connectivity index (χ0v) is 8.26. The highest BCUT2D eigenvalue weighted by molar-refractivity contribution is 6.29. The van der Waals surface area contributed by atoms with Crippen molar-refractivity contribution in [2.45, 2.75) is 13.8 Å². The van der Waals surface area contributed by atoms with Crippen LogP contribution in [-0.2, 0) is 0 Å². The molecule has 0 radical (unpaired) electrons. The number of rotatable bonds is 0. The van der Waals surface area contributed by atoms with Crippen LogP contribution in [0.4, 0.5) is 0 Å². The first-order valence-corrected chi connectivity index (χ1v) is 4.45. The standard InChI is InChI=1S/C10H9ClN2/c1-6-5-7(2)12-8-3-4-9(11)13-10(6)8/h3-5H,1-2H3. The highest BCUT2D eigenvalue weighted by Gasteiger charge is 2.01. The second-order valence-electron chi connectivity index (χ2n) is 3.08. The molecule has 0 amide bonds. The van der Waals surface area contributed by atoms with Gasteiger partial charge in [0.25, 0.3) is 0 Å². The average molecular weight is 193 g/mol. The third kappa shape index (κ3) is 1.49. The number of nitrogens with zero attached hydrogens (tertiary/aromatic N) is 2. The quantitative estimate of drug-likeness (QED) is 0.600. The van der Waals surface area contributed by atoms with Crippen LogP contribution in [0.25, 0.3) is 11.0 Å². The Bertz CT molecular complexity index is 466. The van der Waals surface area contributed by atoms with Crippen molar-refractivity contribution in [3.8, 4) is 0 Å². The second-order valence-corrected chi connectivity index (χ2v) is 3.47. The first kappa shape index (κ1) is 8.45. The fourth-order valence-electron chi connectivity index (χ4n) is 1.41. The Morgan fingerprint density at radius 2 is 1.92 bits per heavy atom. The van der Waals surface area contributed by atoms with E-state index in [2.05, 4.69) is 9.97 Å². The lowest BCUT2D eigenvalue weighted by atomic mass is 10.2. The largest absolute Gasteiger partial charge is 0.251 e. The van der Waals surface area contributed by atoms with Gasteiger partial charge in [-0.05, 0) is 37.6 Å². The lowest BCUT2D eigenvalue weighted by molar-refractivity contribution is 1.21. The molecule has 0 aliphatic carbocycles. The normalized spacial score (nSPS) is 10.7. The van der Waals surface area contributed by atoms with Crippen LogP contribution in [-0.4, -0.2) is 9.97 Å². The van der Waals surface area contributed by atoms with Gasteiger partial charge in [0.1, 0.15) is 5.15 Å².